The molecule has 0 saturated carbocycles. The molecular weight excluding hydrogens is 483 g/mol. The number of nitrogens with one attached hydrogen (secondary N) is 1. The van der Waals surface area contributed by atoms with E-state index in [1.807, 2.05) is 26.2 Å². The lowest BCUT2D eigenvalue weighted by Crippen LogP contribution is -2.44. The first kappa shape index (κ1) is 25.8. The van der Waals surface area contributed by atoms with E-state index in [9.17, 15) is 14.0 Å². The summed E-state index contributed by atoms with van der Waals surface area (Å²) < 4.78 is 24.6. The van der Waals surface area contributed by atoms with Crippen LogP contribution in [0.5, 0.6) is 0 Å². The number of rotatable bonds is 4. The van der Waals surface area contributed by atoms with Crippen LogP contribution in [-0.2, 0) is 14.3 Å². The predicted molar refractivity (Wildman–Crippen MR) is 135 cm³/mol. The number of carbonyl (C=O) groups excluding carboxylic acids is 2. The van der Waals surface area contributed by atoms with Crippen LogP contribution < -0.4 is 5.32 Å². The van der Waals surface area contributed by atoms with Crippen LogP contribution in [0.2, 0.25) is 0 Å². The number of aryl methyl sites for hydroxylation is 1. The van der Waals surface area contributed by atoms with E-state index < -0.39 is 17.6 Å². The third-order valence-electron chi connectivity index (χ3n) is 6.20. The Balaban J connectivity index is 1.71. The summed E-state index contributed by atoms with van der Waals surface area (Å²) in [4.78, 5) is 36.7. The van der Waals surface area contributed by atoms with E-state index in [-0.39, 0.29) is 17.8 Å². The van der Waals surface area contributed by atoms with Crippen molar-refractivity contribution in [2.75, 3.05) is 20.2 Å². The number of likely N-dealkylation sites (tertiary alicyclic amines) is 1. The molecule has 0 bridgehead atoms. The number of amides is 1. The number of aliphatic imine (C=N–C) groups is 1. The summed E-state index contributed by atoms with van der Waals surface area (Å²) in [5.74, 6) is -0.349. The van der Waals surface area contributed by atoms with E-state index in [0.29, 0.717) is 53.6 Å². The average Bonchev–Trinajstić information content (AvgIpc) is 3.37. The molecular formula is C26H31FN4O4S. The maximum atomic E-state index is 13.9. The van der Waals surface area contributed by atoms with Crippen LogP contribution in [0.1, 0.15) is 55.8 Å². The first-order valence-electron chi connectivity index (χ1n) is 11.9. The van der Waals surface area contributed by atoms with Crippen LogP contribution in [0.25, 0.3) is 0 Å². The van der Waals surface area contributed by atoms with Crippen LogP contribution in [0.3, 0.4) is 0 Å². The van der Waals surface area contributed by atoms with Gasteiger partial charge in [0.15, 0.2) is 10.8 Å². The van der Waals surface area contributed by atoms with E-state index in [0.717, 1.165) is 5.56 Å². The third-order valence-corrected chi connectivity index (χ3v) is 6.98. The lowest BCUT2D eigenvalue weighted by Gasteiger charge is -2.37. The molecule has 1 aromatic carbocycles. The number of piperidine rings is 1. The molecule has 2 aliphatic rings. The van der Waals surface area contributed by atoms with Gasteiger partial charge in [-0.05, 0) is 63.8 Å². The van der Waals surface area contributed by atoms with Crippen molar-refractivity contribution in [1.29, 1.82) is 0 Å². The van der Waals surface area contributed by atoms with E-state index >= 15 is 0 Å². The third kappa shape index (κ3) is 5.59. The Morgan fingerprint density at radius 2 is 1.94 bits per heavy atom. The quantitative estimate of drug-likeness (QED) is 0.592. The van der Waals surface area contributed by atoms with Gasteiger partial charge in [-0.1, -0.05) is 6.07 Å². The fraction of sp³-hybridized carbons (Fsp3) is 0.462. The molecule has 3 heterocycles. The number of carbonyl (C=O) groups is 2. The monoisotopic (exact) mass is 514 g/mol. The summed E-state index contributed by atoms with van der Waals surface area (Å²) in [6, 6.07) is 3.78. The van der Waals surface area contributed by atoms with Gasteiger partial charge in [0.25, 0.3) is 0 Å². The smallest absolute Gasteiger partial charge is 0.410 e. The number of methoxy groups -OCH3 is 1. The molecule has 1 fully saturated rings. The zero-order valence-corrected chi connectivity index (χ0v) is 21.9. The summed E-state index contributed by atoms with van der Waals surface area (Å²) in [5.41, 5.74) is 1.93. The van der Waals surface area contributed by atoms with E-state index in [4.69, 9.17) is 14.5 Å². The van der Waals surface area contributed by atoms with Gasteiger partial charge >= 0.3 is 12.1 Å². The van der Waals surface area contributed by atoms with Crippen molar-refractivity contribution >= 4 is 29.2 Å². The standard InChI is InChI=1S/C26H31FN4O4S/c1-15-14-17(27)6-7-18(15)21-19(24(32)34-5)20(29-22(30-21)23-28-10-13-36-23)16-8-11-31(12-9-16)25(33)35-26(2,3)4/h6-7,10,13-14,16,21H,8-9,11-12H2,1-5H3,(H,29,30). The molecule has 1 amide bonds. The molecule has 36 heavy (non-hydrogen) atoms. The second-order valence-electron chi connectivity index (χ2n) is 9.90. The maximum Gasteiger partial charge on any atom is 0.410 e. The largest absolute Gasteiger partial charge is 0.466 e. The van der Waals surface area contributed by atoms with Gasteiger partial charge in [0.05, 0.1) is 12.7 Å². The number of thiazole rings is 1. The lowest BCUT2D eigenvalue weighted by molar-refractivity contribution is -0.136. The number of hydrogen-bond donors (Lipinski definition) is 1. The fourth-order valence-corrected chi connectivity index (χ4v) is 5.11. The van der Waals surface area contributed by atoms with Crippen molar-refractivity contribution in [2.24, 2.45) is 10.9 Å². The molecule has 2 aliphatic heterocycles. The number of esters is 1. The Hall–Kier alpha value is -3.27. The van der Waals surface area contributed by atoms with Gasteiger partial charge in [0.2, 0.25) is 0 Å². The number of aromatic nitrogens is 1. The molecule has 0 radical (unpaired) electrons. The van der Waals surface area contributed by atoms with E-state index in [1.54, 1.807) is 24.1 Å². The Morgan fingerprint density at radius 1 is 1.22 bits per heavy atom. The molecule has 4 rings (SSSR count). The lowest BCUT2D eigenvalue weighted by atomic mass is 9.85. The van der Waals surface area contributed by atoms with Crippen molar-refractivity contribution in [1.82, 2.24) is 15.2 Å². The highest BCUT2D eigenvalue weighted by molar-refractivity contribution is 7.11. The summed E-state index contributed by atoms with van der Waals surface area (Å²) in [7, 11) is 1.34. The molecule has 1 unspecified atom stereocenters. The van der Waals surface area contributed by atoms with Crippen molar-refractivity contribution in [3.63, 3.8) is 0 Å². The Morgan fingerprint density at radius 3 is 2.53 bits per heavy atom. The molecule has 2 aromatic rings. The van der Waals surface area contributed by atoms with Gasteiger partial charge in [-0.15, -0.1) is 11.3 Å². The zero-order chi connectivity index (χ0) is 26.0. The SMILES string of the molecule is COC(=O)C1=C(C2CCN(C(=O)OC(C)(C)C)CC2)NC(c2nccs2)=NC1c1ccc(F)cc1C. The number of amidine groups is 1. The minimum atomic E-state index is -0.683. The molecule has 10 heteroatoms. The number of nitrogens with zero attached hydrogens (tertiary/aromatic N) is 3. The van der Waals surface area contributed by atoms with Crippen LogP contribution in [0.4, 0.5) is 9.18 Å². The summed E-state index contributed by atoms with van der Waals surface area (Å²) >= 11 is 1.43. The van der Waals surface area contributed by atoms with Crippen molar-refractivity contribution in [2.45, 2.75) is 52.2 Å². The molecule has 192 valence electrons. The van der Waals surface area contributed by atoms with Gasteiger partial charge in [-0.2, -0.15) is 0 Å². The molecule has 1 atom stereocenters. The second-order valence-corrected chi connectivity index (χ2v) is 10.8. The number of allylic oxidation sites excluding steroid dienone is 1. The molecule has 0 spiro atoms. The highest BCUT2D eigenvalue weighted by Gasteiger charge is 2.38. The highest BCUT2D eigenvalue weighted by Crippen LogP contribution is 2.38. The Bertz CT molecular complexity index is 1200. The van der Waals surface area contributed by atoms with E-state index in [1.165, 1.54) is 30.6 Å². The number of benzene rings is 1. The maximum absolute atomic E-state index is 13.9. The topological polar surface area (TPSA) is 93.1 Å². The highest BCUT2D eigenvalue weighted by atomic mass is 32.1. The Labute approximate surface area is 214 Å². The first-order valence-corrected chi connectivity index (χ1v) is 12.8. The normalized spacial score (nSPS) is 19.0. The van der Waals surface area contributed by atoms with Crippen LogP contribution >= 0.6 is 11.3 Å². The second kappa shape index (κ2) is 10.4. The molecule has 8 nitrogen and oxygen atoms in total. The number of ether oxygens (including phenoxy) is 2. The fourth-order valence-electron chi connectivity index (χ4n) is 4.52. The summed E-state index contributed by atoms with van der Waals surface area (Å²) in [5, 5.41) is 5.92. The van der Waals surface area contributed by atoms with Gasteiger partial charge in [0, 0.05) is 36.3 Å². The van der Waals surface area contributed by atoms with Gasteiger partial charge in [-0.3, -0.25) is 4.99 Å². The van der Waals surface area contributed by atoms with Crippen LogP contribution in [0.15, 0.2) is 46.0 Å². The van der Waals surface area contributed by atoms with Crippen molar-refractivity contribution in [3.8, 4) is 0 Å². The van der Waals surface area contributed by atoms with Crippen molar-refractivity contribution in [3.05, 3.63) is 63.0 Å². The van der Waals surface area contributed by atoms with Gasteiger partial charge in [0.1, 0.15) is 17.5 Å². The molecule has 1 saturated heterocycles. The summed E-state index contributed by atoms with van der Waals surface area (Å²) in [6.07, 6.45) is 2.61. The minimum absolute atomic E-state index is 0.0495. The minimum Gasteiger partial charge on any atom is -0.466 e. The number of hydrogen-bond acceptors (Lipinski definition) is 8. The molecule has 1 aromatic heterocycles. The van der Waals surface area contributed by atoms with Crippen LogP contribution in [-0.4, -0.2) is 53.6 Å². The average molecular weight is 515 g/mol. The van der Waals surface area contributed by atoms with Crippen LogP contribution in [0, 0.1) is 18.7 Å². The molecule has 0 aliphatic carbocycles. The van der Waals surface area contributed by atoms with E-state index in [2.05, 4.69) is 10.3 Å². The Kier molecular flexibility index (Phi) is 7.44. The van der Waals surface area contributed by atoms with Gasteiger partial charge in [-0.25, -0.2) is 19.0 Å². The van der Waals surface area contributed by atoms with Crippen molar-refractivity contribution < 1.29 is 23.5 Å². The summed E-state index contributed by atoms with van der Waals surface area (Å²) in [6.45, 7) is 8.30. The number of halogens is 1. The molecule has 1 N–H and O–H groups in total. The predicted octanol–water partition coefficient (Wildman–Crippen LogP) is 4.76. The zero-order valence-electron chi connectivity index (χ0n) is 21.1. The first-order chi connectivity index (χ1) is 17.1. The van der Waals surface area contributed by atoms with Gasteiger partial charge < -0.3 is 19.7 Å².